The molecular formula is C22H22ClFN2O3. The van der Waals surface area contributed by atoms with E-state index in [1.807, 2.05) is 0 Å². The van der Waals surface area contributed by atoms with Crippen LogP contribution >= 0.6 is 11.6 Å². The number of nitrogens with zero attached hydrogens (tertiary/aromatic N) is 1. The summed E-state index contributed by atoms with van der Waals surface area (Å²) in [6.45, 7) is 0.450. The van der Waals surface area contributed by atoms with Crippen molar-refractivity contribution < 1.29 is 19.1 Å². The van der Waals surface area contributed by atoms with E-state index in [2.05, 4.69) is 11.4 Å². The second-order valence-corrected chi connectivity index (χ2v) is 7.41. The third-order valence-electron chi connectivity index (χ3n) is 4.99. The second kappa shape index (κ2) is 9.56. The van der Waals surface area contributed by atoms with E-state index in [4.69, 9.17) is 11.6 Å². The van der Waals surface area contributed by atoms with Crippen LogP contribution in [-0.2, 0) is 4.79 Å². The zero-order valence-corrected chi connectivity index (χ0v) is 16.5. The first-order chi connectivity index (χ1) is 14.0. The van der Waals surface area contributed by atoms with Crippen molar-refractivity contribution in [2.75, 3.05) is 11.4 Å². The van der Waals surface area contributed by atoms with Gasteiger partial charge in [0.1, 0.15) is 11.6 Å². The van der Waals surface area contributed by atoms with Crippen molar-refractivity contribution in [1.29, 1.82) is 0 Å². The molecule has 0 unspecified atom stereocenters. The van der Waals surface area contributed by atoms with Gasteiger partial charge in [0.05, 0.1) is 10.7 Å². The molecule has 3 rings (SSSR count). The van der Waals surface area contributed by atoms with Gasteiger partial charge < -0.3 is 15.3 Å². The summed E-state index contributed by atoms with van der Waals surface area (Å²) in [5.74, 6) is -0.483. The van der Waals surface area contributed by atoms with Gasteiger partial charge in [-0.1, -0.05) is 23.3 Å². The Morgan fingerprint density at radius 3 is 2.66 bits per heavy atom. The number of carbonyl (C=O) groups is 2. The van der Waals surface area contributed by atoms with E-state index in [1.54, 1.807) is 12.1 Å². The molecule has 0 heterocycles. The third kappa shape index (κ3) is 5.57. The molecule has 0 aromatic heterocycles. The van der Waals surface area contributed by atoms with Gasteiger partial charge in [-0.25, -0.2) is 4.39 Å². The Morgan fingerprint density at radius 1 is 1.28 bits per heavy atom. The van der Waals surface area contributed by atoms with E-state index in [9.17, 15) is 19.1 Å². The summed E-state index contributed by atoms with van der Waals surface area (Å²) < 4.78 is 13.2. The van der Waals surface area contributed by atoms with Crippen LogP contribution in [0, 0.1) is 5.82 Å². The Hall–Kier alpha value is -2.86. The van der Waals surface area contributed by atoms with E-state index >= 15 is 0 Å². The van der Waals surface area contributed by atoms with Crippen LogP contribution in [-0.4, -0.2) is 30.0 Å². The van der Waals surface area contributed by atoms with Crippen LogP contribution in [0.5, 0.6) is 5.75 Å². The topological polar surface area (TPSA) is 69.6 Å². The summed E-state index contributed by atoms with van der Waals surface area (Å²) in [6, 6.07) is 10.2. The Bertz CT molecular complexity index is 915. The van der Waals surface area contributed by atoms with Gasteiger partial charge in [0.25, 0.3) is 5.91 Å². The molecule has 0 saturated heterocycles. The zero-order chi connectivity index (χ0) is 20.8. The number of nitrogens with one attached hydrogen (secondary N) is 1. The van der Waals surface area contributed by atoms with Crippen molar-refractivity contribution in [1.82, 2.24) is 5.32 Å². The third-order valence-corrected chi connectivity index (χ3v) is 5.29. The number of anilines is 1. The lowest BCUT2D eigenvalue weighted by Crippen LogP contribution is -2.36. The van der Waals surface area contributed by atoms with Crippen LogP contribution in [0.4, 0.5) is 10.1 Å². The van der Waals surface area contributed by atoms with E-state index in [0.717, 1.165) is 19.3 Å². The summed E-state index contributed by atoms with van der Waals surface area (Å²) in [5.41, 5.74) is 2.21. The Morgan fingerprint density at radius 2 is 2.03 bits per heavy atom. The molecule has 0 aliphatic heterocycles. The molecule has 2 aromatic rings. The molecular weight excluding hydrogens is 395 g/mol. The normalized spacial score (nSPS) is 16.1. The molecule has 2 amide bonds. The van der Waals surface area contributed by atoms with Gasteiger partial charge in [-0.2, -0.15) is 0 Å². The maximum Gasteiger partial charge on any atom is 0.251 e. The number of rotatable bonds is 7. The lowest BCUT2D eigenvalue weighted by Gasteiger charge is -2.25. The molecule has 1 aliphatic rings. The summed E-state index contributed by atoms with van der Waals surface area (Å²) in [7, 11) is 0. The molecule has 5 nitrogen and oxygen atoms in total. The quantitative estimate of drug-likeness (QED) is 0.517. The van der Waals surface area contributed by atoms with Crippen LogP contribution in [0.15, 0.2) is 54.1 Å². The van der Waals surface area contributed by atoms with Crippen LogP contribution < -0.4 is 10.2 Å². The number of phenols is 1. The second-order valence-electron chi connectivity index (χ2n) is 7.00. The van der Waals surface area contributed by atoms with Crippen molar-refractivity contribution in [3.63, 3.8) is 0 Å². The van der Waals surface area contributed by atoms with Crippen LogP contribution in [0.2, 0.25) is 5.02 Å². The lowest BCUT2D eigenvalue weighted by molar-refractivity contribution is -0.107. The summed E-state index contributed by atoms with van der Waals surface area (Å²) in [5, 5.41) is 12.5. The number of carbonyl (C=O) groups excluding carboxylic acids is 2. The molecule has 7 heteroatoms. The van der Waals surface area contributed by atoms with Crippen LogP contribution in [0.1, 0.15) is 36.0 Å². The molecule has 0 saturated carbocycles. The van der Waals surface area contributed by atoms with Crippen LogP contribution in [0.25, 0.3) is 0 Å². The Balaban J connectivity index is 1.52. The van der Waals surface area contributed by atoms with Crippen molar-refractivity contribution in [2.24, 2.45) is 0 Å². The van der Waals surface area contributed by atoms with Gasteiger partial charge in [-0.05, 0) is 68.1 Å². The van der Waals surface area contributed by atoms with Gasteiger partial charge in [0, 0.05) is 18.2 Å². The summed E-state index contributed by atoms with van der Waals surface area (Å²) in [4.78, 5) is 25.2. The highest BCUT2D eigenvalue weighted by Gasteiger charge is 2.18. The fraction of sp³-hybridized carbons (Fsp3) is 0.273. The van der Waals surface area contributed by atoms with Gasteiger partial charge >= 0.3 is 0 Å². The number of phenolic OH excluding ortho intramolecular Hbond substituents is 1. The van der Waals surface area contributed by atoms with Gasteiger partial charge in [-0.15, -0.1) is 0 Å². The number of halogens is 2. The maximum absolute atomic E-state index is 13.2. The Labute approximate surface area is 173 Å². The highest BCUT2D eigenvalue weighted by molar-refractivity contribution is 6.33. The minimum atomic E-state index is -0.444. The van der Waals surface area contributed by atoms with Gasteiger partial charge in [0.2, 0.25) is 6.41 Å². The van der Waals surface area contributed by atoms with Crippen molar-refractivity contribution >= 4 is 29.6 Å². The fourth-order valence-electron chi connectivity index (χ4n) is 3.34. The molecule has 1 atom stereocenters. The number of hydrogen-bond donors (Lipinski definition) is 2. The largest absolute Gasteiger partial charge is 0.508 e. The predicted octanol–water partition coefficient (Wildman–Crippen LogP) is 4.45. The van der Waals surface area contributed by atoms with Crippen molar-refractivity contribution in [3.05, 3.63) is 70.5 Å². The lowest BCUT2D eigenvalue weighted by atomic mass is 9.93. The number of aromatic hydroxyl groups is 1. The molecule has 2 aromatic carbocycles. The molecule has 0 radical (unpaired) electrons. The van der Waals surface area contributed by atoms with E-state index < -0.39 is 5.82 Å². The molecule has 2 N–H and O–H groups in total. The summed E-state index contributed by atoms with van der Waals surface area (Å²) >= 11 is 6.04. The zero-order valence-electron chi connectivity index (χ0n) is 15.8. The van der Waals surface area contributed by atoms with E-state index in [1.165, 1.54) is 40.8 Å². The maximum atomic E-state index is 13.2. The highest BCUT2D eigenvalue weighted by Crippen LogP contribution is 2.27. The number of amides is 2. The predicted molar refractivity (Wildman–Crippen MR) is 111 cm³/mol. The first-order valence-electron chi connectivity index (χ1n) is 9.41. The van der Waals surface area contributed by atoms with E-state index in [-0.39, 0.29) is 22.7 Å². The number of hydrogen-bond acceptors (Lipinski definition) is 3. The van der Waals surface area contributed by atoms with Gasteiger partial charge in [0.15, 0.2) is 0 Å². The van der Waals surface area contributed by atoms with Crippen molar-refractivity contribution in [3.8, 4) is 5.75 Å². The smallest absolute Gasteiger partial charge is 0.251 e. The minimum absolute atomic E-state index is 0.0498. The monoisotopic (exact) mass is 416 g/mol. The van der Waals surface area contributed by atoms with Gasteiger partial charge in [-0.3, -0.25) is 9.59 Å². The first-order valence-corrected chi connectivity index (χ1v) is 9.79. The van der Waals surface area contributed by atoms with Crippen LogP contribution in [0.3, 0.4) is 0 Å². The standard InChI is InChI=1S/C22H22ClFN2O3/c23-20-13-17(24)5-10-21(20)26(14-27)12-11-15-1-6-18(7-2-15)25-22(29)16-3-8-19(28)9-4-16/h1,3-5,8-10,13-14,18,28H,2,6-7,11-12H2,(H,25,29)/t18-/m0/s1. The SMILES string of the molecule is O=CN(CCC1=CC[C@H](NC(=O)c2ccc(O)cc2)CC1)c1ccc(F)cc1Cl. The molecule has 0 bridgehead atoms. The molecule has 152 valence electrons. The molecule has 29 heavy (non-hydrogen) atoms. The van der Waals surface area contributed by atoms with E-state index in [0.29, 0.717) is 30.6 Å². The fourth-order valence-corrected chi connectivity index (χ4v) is 3.61. The Kier molecular flexibility index (Phi) is 6.88. The highest BCUT2D eigenvalue weighted by atomic mass is 35.5. The average molecular weight is 417 g/mol. The first kappa shape index (κ1) is 20.9. The number of benzene rings is 2. The average Bonchev–Trinajstić information content (AvgIpc) is 2.71. The van der Waals surface area contributed by atoms with Crippen molar-refractivity contribution in [2.45, 2.75) is 31.7 Å². The summed E-state index contributed by atoms with van der Waals surface area (Å²) in [6.07, 6.45) is 5.84. The molecule has 0 spiro atoms. The minimum Gasteiger partial charge on any atom is -0.508 e. The molecule has 0 fully saturated rings. The molecule has 1 aliphatic carbocycles.